The Labute approximate surface area is 417 Å². The van der Waals surface area contributed by atoms with Crippen LogP contribution in [0.5, 0.6) is 0 Å². The fourth-order valence-corrected chi connectivity index (χ4v) is 8.33. The second kappa shape index (κ2) is 49.6. The highest BCUT2D eigenvalue weighted by Crippen LogP contribution is 2.23. The number of hydrogen-bond acceptors (Lipinski definition) is 9. The van der Waals surface area contributed by atoms with E-state index < -0.39 is 43.4 Å². The average molecular weight is 957 g/mol. The molecule has 0 bridgehead atoms. The quantitative estimate of drug-likeness (QED) is 0.0267. The molecule has 1 aliphatic heterocycles. The summed E-state index contributed by atoms with van der Waals surface area (Å²) in [5.41, 5.74) is 0. The van der Waals surface area contributed by atoms with Crippen LogP contribution in [0.4, 0.5) is 0 Å². The van der Waals surface area contributed by atoms with E-state index in [0.29, 0.717) is 13.0 Å². The Morgan fingerprint density at radius 1 is 0.485 bits per heavy atom. The van der Waals surface area contributed by atoms with Crippen molar-refractivity contribution in [2.75, 3.05) is 26.4 Å². The predicted octanol–water partition coefficient (Wildman–Crippen LogP) is 14.4. The summed E-state index contributed by atoms with van der Waals surface area (Å²) >= 11 is 0. The molecule has 1 aliphatic rings. The number of aliphatic hydroxyl groups excluding tert-OH is 4. The third-order valence-electron chi connectivity index (χ3n) is 12.6. The highest BCUT2D eigenvalue weighted by atomic mass is 16.7. The van der Waals surface area contributed by atoms with Crippen molar-refractivity contribution in [1.29, 1.82) is 0 Å². The highest BCUT2D eigenvalue weighted by molar-refractivity contribution is 5.69. The van der Waals surface area contributed by atoms with Gasteiger partial charge >= 0.3 is 5.97 Å². The largest absolute Gasteiger partial charge is 0.457 e. The van der Waals surface area contributed by atoms with Crippen molar-refractivity contribution >= 4 is 5.97 Å². The molecule has 68 heavy (non-hydrogen) atoms. The zero-order chi connectivity index (χ0) is 49.2. The first-order chi connectivity index (χ1) is 33.4. The maximum Gasteiger partial charge on any atom is 0.306 e. The van der Waals surface area contributed by atoms with Crippen LogP contribution in [0.3, 0.4) is 0 Å². The standard InChI is InChI=1S/C59H104O9/c1-3-5-7-9-11-13-15-17-19-21-23-25-26-27-28-29-30-32-34-36-38-40-42-44-46-48-55(61)67-53(52-66-59-58(64)57(63)56(62)54(50-60)68-59)51-65-49-47-45-43-41-39-37-35-33-31-24-22-20-18-16-14-12-10-8-6-4-2/h6,8,12,14,18,20,24,31,35,37,41,43,53-54,56-60,62-64H,3-5,7,9-11,13,15-17,19,21-23,25-30,32-34,36,38-40,42,44-52H2,1-2H3/b8-6-,14-12-,20-18-,31-24-,37-35-,43-41-. The van der Waals surface area contributed by atoms with Gasteiger partial charge in [-0.25, -0.2) is 0 Å². The average Bonchev–Trinajstić information content (AvgIpc) is 3.34. The van der Waals surface area contributed by atoms with Crippen LogP contribution in [-0.2, 0) is 23.7 Å². The molecule has 0 aromatic rings. The topological polar surface area (TPSA) is 135 Å². The van der Waals surface area contributed by atoms with Gasteiger partial charge in [0.15, 0.2) is 6.29 Å². The van der Waals surface area contributed by atoms with E-state index >= 15 is 0 Å². The fraction of sp³-hybridized carbons (Fsp3) is 0.780. The first kappa shape index (κ1) is 63.6. The lowest BCUT2D eigenvalue weighted by atomic mass is 9.99. The van der Waals surface area contributed by atoms with Crippen molar-refractivity contribution in [3.8, 4) is 0 Å². The van der Waals surface area contributed by atoms with Gasteiger partial charge in [-0.15, -0.1) is 0 Å². The zero-order valence-electron chi connectivity index (χ0n) is 43.6. The minimum atomic E-state index is -1.55. The van der Waals surface area contributed by atoms with Crippen LogP contribution in [0.1, 0.15) is 232 Å². The smallest absolute Gasteiger partial charge is 0.306 e. The number of esters is 1. The molecule has 0 aromatic carbocycles. The van der Waals surface area contributed by atoms with Gasteiger partial charge in [-0.3, -0.25) is 4.79 Å². The van der Waals surface area contributed by atoms with Gasteiger partial charge in [0.05, 0.1) is 19.8 Å². The van der Waals surface area contributed by atoms with Crippen LogP contribution in [0.15, 0.2) is 72.9 Å². The monoisotopic (exact) mass is 957 g/mol. The molecular formula is C59H104O9. The second-order valence-electron chi connectivity index (χ2n) is 19.0. The molecule has 0 amide bonds. The Morgan fingerprint density at radius 2 is 0.882 bits per heavy atom. The third-order valence-corrected chi connectivity index (χ3v) is 12.6. The number of hydrogen-bond donors (Lipinski definition) is 4. The summed E-state index contributed by atoms with van der Waals surface area (Å²) in [5.74, 6) is -0.330. The SMILES string of the molecule is CC/C=C\C/C=C\C/C=C\C/C=C\C/C=C\C/C=C\CCCOCC(COC1OC(CO)C(O)C(O)C1O)OC(=O)CCCCCCCCCCCCCCCCCCCCCCCCCCC. The van der Waals surface area contributed by atoms with Crippen molar-refractivity contribution in [3.63, 3.8) is 0 Å². The van der Waals surface area contributed by atoms with Crippen LogP contribution in [0.25, 0.3) is 0 Å². The summed E-state index contributed by atoms with van der Waals surface area (Å²) < 4.78 is 22.9. The minimum Gasteiger partial charge on any atom is -0.457 e. The molecule has 0 aromatic heterocycles. The molecule has 9 heteroatoms. The van der Waals surface area contributed by atoms with Gasteiger partial charge in [-0.2, -0.15) is 0 Å². The van der Waals surface area contributed by atoms with Crippen molar-refractivity contribution in [2.45, 2.75) is 269 Å². The summed E-state index contributed by atoms with van der Waals surface area (Å²) in [6, 6.07) is 0. The maximum absolute atomic E-state index is 12.9. The first-order valence-electron chi connectivity index (χ1n) is 28.0. The molecule has 0 aliphatic carbocycles. The Hall–Kier alpha value is -2.37. The predicted molar refractivity (Wildman–Crippen MR) is 284 cm³/mol. The normalized spacial score (nSPS) is 19.6. The number of carbonyl (C=O) groups excluding carboxylic acids is 1. The number of rotatable bonds is 48. The molecule has 1 saturated heterocycles. The van der Waals surface area contributed by atoms with E-state index in [9.17, 15) is 25.2 Å². The lowest BCUT2D eigenvalue weighted by Crippen LogP contribution is -2.59. The molecule has 0 radical (unpaired) electrons. The fourth-order valence-electron chi connectivity index (χ4n) is 8.33. The van der Waals surface area contributed by atoms with Crippen LogP contribution >= 0.6 is 0 Å². The number of allylic oxidation sites excluding steroid dienone is 12. The Kier molecular flexibility index (Phi) is 46.4. The van der Waals surface area contributed by atoms with E-state index in [2.05, 4.69) is 86.8 Å². The summed E-state index contributed by atoms with van der Waals surface area (Å²) in [4.78, 5) is 12.9. The molecule has 0 saturated carbocycles. The molecule has 1 rings (SSSR count). The highest BCUT2D eigenvalue weighted by Gasteiger charge is 2.44. The van der Waals surface area contributed by atoms with Crippen LogP contribution in [0, 0.1) is 0 Å². The van der Waals surface area contributed by atoms with Gasteiger partial charge in [0.25, 0.3) is 0 Å². The Morgan fingerprint density at radius 3 is 1.29 bits per heavy atom. The molecule has 394 valence electrons. The number of unbranched alkanes of at least 4 members (excludes halogenated alkanes) is 25. The van der Waals surface area contributed by atoms with Gasteiger partial charge in [0, 0.05) is 13.0 Å². The summed E-state index contributed by atoms with van der Waals surface area (Å²) in [6.07, 6.45) is 59.6. The van der Waals surface area contributed by atoms with Crippen molar-refractivity contribution in [2.24, 2.45) is 0 Å². The summed E-state index contributed by atoms with van der Waals surface area (Å²) in [7, 11) is 0. The first-order valence-corrected chi connectivity index (χ1v) is 28.0. The van der Waals surface area contributed by atoms with Gasteiger partial charge in [0.1, 0.15) is 30.5 Å². The van der Waals surface area contributed by atoms with E-state index in [1.807, 2.05) is 0 Å². The molecule has 1 fully saturated rings. The van der Waals surface area contributed by atoms with E-state index in [-0.39, 0.29) is 19.2 Å². The number of ether oxygens (including phenoxy) is 4. The molecular weight excluding hydrogens is 853 g/mol. The van der Waals surface area contributed by atoms with Crippen molar-refractivity contribution < 1.29 is 44.2 Å². The van der Waals surface area contributed by atoms with E-state index in [0.717, 1.165) is 70.6 Å². The summed E-state index contributed by atoms with van der Waals surface area (Å²) in [5, 5.41) is 40.3. The second-order valence-corrected chi connectivity index (χ2v) is 19.0. The van der Waals surface area contributed by atoms with Crippen LogP contribution in [-0.4, -0.2) is 89.6 Å². The molecule has 6 unspecified atom stereocenters. The van der Waals surface area contributed by atoms with Crippen LogP contribution in [0.2, 0.25) is 0 Å². The van der Waals surface area contributed by atoms with Crippen molar-refractivity contribution in [1.82, 2.24) is 0 Å². The van der Waals surface area contributed by atoms with Crippen molar-refractivity contribution in [3.05, 3.63) is 72.9 Å². The number of carbonyl (C=O) groups is 1. The van der Waals surface area contributed by atoms with Gasteiger partial charge in [-0.05, 0) is 57.8 Å². The molecule has 1 heterocycles. The van der Waals surface area contributed by atoms with Gasteiger partial charge in [0.2, 0.25) is 0 Å². The molecule has 0 spiro atoms. The lowest BCUT2D eigenvalue weighted by molar-refractivity contribution is -0.305. The van der Waals surface area contributed by atoms with E-state index in [1.165, 1.54) is 141 Å². The minimum absolute atomic E-state index is 0.104. The lowest BCUT2D eigenvalue weighted by Gasteiger charge is -2.39. The van der Waals surface area contributed by atoms with E-state index in [1.54, 1.807) is 0 Å². The maximum atomic E-state index is 12.9. The Bertz CT molecular complexity index is 1270. The molecule has 9 nitrogen and oxygen atoms in total. The van der Waals surface area contributed by atoms with Gasteiger partial charge in [-0.1, -0.05) is 241 Å². The third kappa shape index (κ3) is 39.4. The number of aliphatic hydroxyl groups is 4. The summed E-state index contributed by atoms with van der Waals surface area (Å²) in [6.45, 7) is 4.32. The zero-order valence-corrected chi connectivity index (χ0v) is 43.6. The van der Waals surface area contributed by atoms with E-state index in [4.69, 9.17) is 18.9 Å². The van der Waals surface area contributed by atoms with Crippen LogP contribution < -0.4 is 0 Å². The van der Waals surface area contributed by atoms with Gasteiger partial charge < -0.3 is 39.4 Å². The Balaban J connectivity index is 2.19. The molecule has 4 N–H and O–H groups in total. The molecule has 6 atom stereocenters.